The van der Waals surface area contributed by atoms with Crippen molar-refractivity contribution >= 4 is 16.2 Å². The van der Waals surface area contributed by atoms with Crippen LogP contribution in [0.3, 0.4) is 0 Å². The Morgan fingerprint density at radius 2 is 1.42 bits per heavy atom. The van der Waals surface area contributed by atoms with Gasteiger partial charge in [0.15, 0.2) is 5.66 Å². The van der Waals surface area contributed by atoms with E-state index < -0.39 is 15.7 Å². The van der Waals surface area contributed by atoms with Gasteiger partial charge in [-0.25, -0.2) is 8.42 Å². The fourth-order valence-electron chi connectivity index (χ4n) is 3.41. The Morgan fingerprint density at radius 1 is 0.846 bits per heavy atom. The van der Waals surface area contributed by atoms with Gasteiger partial charge in [0.2, 0.25) is 10.0 Å². The quantitative estimate of drug-likeness (QED) is 0.668. The zero-order valence-electron chi connectivity index (χ0n) is 14.3. The third-order valence-corrected chi connectivity index (χ3v) is 6.63. The maximum absolute atomic E-state index is 13.0. The van der Waals surface area contributed by atoms with Gasteiger partial charge in [-0.2, -0.15) is 4.31 Å². The fraction of sp³-hybridized carbons (Fsp3) is 0.0952. The van der Waals surface area contributed by atoms with Crippen LogP contribution >= 0.6 is 0 Å². The maximum atomic E-state index is 13.0. The summed E-state index contributed by atoms with van der Waals surface area (Å²) in [6, 6.07) is 26.3. The standard InChI is InChI=1S/C21H18N2O2S/c1-23-21(18-12-6-3-7-13-18,22-16-17-10-4-2-5-11-17)19-14-8-9-15-20(19)26(23,24)25/h2-16H,1H3/t21-/m1/s1. The van der Waals surface area contributed by atoms with Gasteiger partial charge in [-0.15, -0.1) is 0 Å². The molecular weight excluding hydrogens is 344 g/mol. The molecule has 1 aliphatic rings. The molecule has 0 bridgehead atoms. The van der Waals surface area contributed by atoms with Crippen molar-refractivity contribution in [2.24, 2.45) is 4.99 Å². The SMILES string of the molecule is CN1[C@](N=Cc2ccccc2)(c2ccccc2)c2ccccc2S1(=O)=O. The van der Waals surface area contributed by atoms with Crippen molar-refractivity contribution in [2.75, 3.05) is 7.05 Å². The number of hydrogen-bond donors (Lipinski definition) is 0. The molecular formula is C21H18N2O2S. The zero-order chi connectivity index (χ0) is 18.2. The van der Waals surface area contributed by atoms with Crippen LogP contribution in [0, 0.1) is 0 Å². The molecule has 0 fully saturated rings. The molecule has 1 atom stereocenters. The summed E-state index contributed by atoms with van der Waals surface area (Å²) in [4.78, 5) is 5.14. The molecule has 26 heavy (non-hydrogen) atoms. The minimum atomic E-state index is -3.62. The van der Waals surface area contributed by atoms with Crippen LogP contribution < -0.4 is 0 Å². The molecule has 0 aliphatic carbocycles. The Balaban J connectivity index is 2.01. The number of benzene rings is 3. The molecule has 0 unspecified atom stereocenters. The van der Waals surface area contributed by atoms with Crippen LogP contribution in [0.5, 0.6) is 0 Å². The Bertz CT molecular complexity index is 1060. The first-order valence-electron chi connectivity index (χ1n) is 8.31. The number of fused-ring (bicyclic) bond motifs is 1. The summed E-state index contributed by atoms with van der Waals surface area (Å²) >= 11 is 0. The van der Waals surface area contributed by atoms with Gasteiger partial charge in [-0.05, 0) is 17.2 Å². The first kappa shape index (κ1) is 16.7. The lowest BCUT2D eigenvalue weighted by Gasteiger charge is -2.32. The van der Waals surface area contributed by atoms with E-state index in [2.05, 4.69) is 0 Å². The number of nitrogens with zero attached hydrogens (tertiary/aromatic N) is 2. The molecule has 4 nitrogen and oxygen atoms in total. The Labute approximate surface area is 153 Å². The molecule has 0 saturated heterocycles. The molecule has 3 aromatic carbocycles. The van der Waals surface area contributed by atoms with E-state index in [0.717, 1.165) is 11.1 Å². The van der Waals surface area contributed by atoms with Gasteiger partial charge in [0.05, 0.1) is 4.90 Å². The third-order valence-electron chi connectivity index (χ3n) is 4.73. The van der Waals surface area contributed by atoms with E-state index in [1.54, 1.807) is 25.4 Å². The topological polar surface area (TPSA) is 49.7 Å². The predicted molar refractivity (Wildman–Crippen MR) is 103 cm³/mol. The van der Waals surface area contributed by atoms with E-state index in [9.17, 15) is 8.42 Å². The summed E-state index contributed by atoms with van der Waals surface area (Å²) in [7, 11) is -2.04. The second kappa shape index (κ2) is 6.20. The fourth-order valence-corrected chi connectivity index (χ4v) is 5.04. The normalized spacial score (nSPS) is 21.7. The van der Waals surface area contributed by atoms with E-state index in [1.807, 2.05) is 72.8 Å². The molecule has 1 aliphatic heterocycles. The summed E-state index contributed by atoms with van der Waals surface area (Å²) in [5.74, 6) is 0. The van der Waals surface area contributed by atoms with Crippen molar-refractivity contribution in [2.45, 2.75) is 10.6 Å². The third kappa shape index (κ3) is 2.40. The highest BCUT2D eigenvalue weighted by molar-refractivity contribution is 7.89. The molecule has 0 saturated carbocycles. The molecule has 0 spiro atoms. The predicted octanol–water partition coefficient (Wildman–Crippen LogP) is 3.64. The summed E-state index contributed by atoms with van der Waals surface area (Å²) in [6.45, 7) is 0. The molecule has 130 valence electrons. The van der Waals surface area contributed by atoms with Crippen LogP contribution in [0.4, 0.5) is 0 Å². The van der Waals surface area contributed by atoms with Crippen LogP contribution in [-0.4, -0.2) is 26.0 Å². The number of aliphatic imine (C=N–C) groups is 1. The summed E-state index contributed by atoms with van der Waals surface area (Å²) in [5, 5.41) is 0. The van der Waals surface area contributed by atoms with Crippen LogP contribution in [0.1, 0.15) is 16.7 Å². The van der Waals surface area contributed by atoms with Crippen LogP contribution in [-0.2, 0) is 15.7 Å². The average molecular weight is 362 g/mol. The molecule has 0 amide bonds. The first-order valence-corrected chi connectivity index (χ1v) is 9.75. The van der Waals surface area contributed by atoms with Gasteiger partial charge < -0.3 is 0 Å². The highest BCUT2D eigenvalue weighted by Gasteiger charge is 2.53. The van der Waals surface area contributed by atoms with Gasteiger partial charge in [0.1, 0.15) is 0 Å². The van der Waals surface area contributed by atoms with Gasteiger partial charge >= 0.3 is 0 Å². The summed E-state index contributed by atoms with van der Waals surface area (Å²) < 4.78 is 27.4. The van der Waals surface area contributed by atoms with Crippen molar-refractivity contribution in [1.29, 1.82) is 0 Å². The molecule has 3 aromatic rings. The van der Waals surface area contributed by atoms with Crippen molar-refractivity contribution in [3.05, 3.63) is 102 Å². The second-order valence-corrected chi connectivity index (χ2v) is 8.11. The van der Waals surface area contributed by atoms with Gasteiger partial charge in [0.25, 0.3) is 0 Å². The molecule has 0 radical (unpaired) electrons. The highest BCUT2D eigenvalue weighted by atomic mass is 32.2. The van der Waals surface area contributed by atoms with Crippen LogP contribution in [0.2, 0.25) is 0 Å². The van der Waals surface area contributed by atoms with Crippen molar-refractivity contribution in [3.8, 4) is 0 Å². The molecule has 5 heteroatoms. The van der Waals surface area contributed by atoms with E-state index in [4.69, 9.17) is 4.99 Å². The Kier molecular flexibility index (Phi) is 3.98. The highest BCUT2D eigenvalue weighted by Crippen LogP contribution is 2.48. The monoisotopic (exact) mass is 362 g/mol. The first-order chi connectivity index (χ1) is 12.6. The Morgan fingerprint density at radius 3 is 2.12 bits per heavy atom. The number of rotatable bonds is 3. The number of sulfonamides is 1. The minimum absolute atomic E-state index is 0.302. The largest absolute Gasteiger partial charge is 0.260 e. The van der Waals surface area contributed by atoms with Crippen molar-refractivity contribution < 1.29 is 8.42 Å². The number of hydrogen-bond acceptors (Lipinski definition) is 3. The molecule has 0 aromatic heterocycles. The van der Waals surface area contributed by atoms with Gasteiger partial charge in [0, 0.05) is 18.8 Å². The summed E-state index contributed by atoms with van der Waals surface area (Å²) in [5.41, 5.74) is 1.27. The second-order valence-electron chi connectivity index (χ2n) is 6.18. The molecule has 1 heterocycles. The minimum Gasteiger partial charge on any atom is -0.260 e. The molecule has 4 rings (SSSR count). The Hall–Kier alpha value is -2.76. The maximum Gasteiger partial charge on any atom is 0.245 e. The molecule has 0 N–H and O–H groups in total. The summed E-state index contributed by atoms with van der Waals surface area (Å²) in [6.07, 6.45) is 1.74. The van der Waals surface area contributed by atoms with Gasteiger partial charge in [-0.1, -0.05) is 78.9 Å². The zero-order valence-corrected chi connectivity index (χ0v) is 15.1. The van der Waals surface area contributed by atoms with Crippen LogP contribution in [0.15, 0.2) is 94.8 Å². The van der Waals surface area contributed by atoms with E-state index in [0.29, 0.717) is 10.5 Å². The van der Waals surface area contributed by atoms with Crippen molar-refractivity contribution in [1.82, 2.24) is 4.31 Å². The smallest absolute Gasteiger partial charge is 0.245 e. The van der Waals surface area contributed by atoms with E-state index in [-0.39, 0.29) is 0 Å². The average Bonchev–Trinajstić information content (AvgIpc) is 2.87. The van der Waals surface area contributed by atoms with Crippen LogP contribution in [0.25, 0.3) is 0 Å². The van der Waals surface area contributed by atoms with E-state index >= 15 is 0 Å². The lowest BCUT2D eigenvalue weighted by molar-refractivity contribution is 0.301. The van der Waals surface area contributed by atoms with Gasteiger partial charge in [-0.3, -0.25) is 4.99 Å². The van der Waals surface area contributed by atoms with E-state index in [1.165, 1.54) is 4.31 Å². The lowest BCUT2D eigenvalue weighted by Crippen LogP contribution is -2.40. The lowest BCUT2D eigenvalue weighted by atomic mass is 9.91. The van der Waals surface area contributed by atoms with Crippen molar-refractivity contribution in [3.63, 3.8) is 0 Å².